The van der Waals surface area contributed by atoms with Crippen LogP contribution in [0.5, 0.6) is 0 Å². The van der Waals surface area contributed by atoms with E-state index in [0.717, 1.165) is 33.5 Å². The minimum atomic E-state index is 0.702. The third kappa shape index (κ3) is 2.84. The Kier molecular flexibility index (Phi) is 3.78. The van der Waals surface area contributed by atoms with E-state index in [4.69, 9.17) is 17.4 Å². The molecule has 0 atom stereocenters. The van der Waals surface area contributed by atoms with E-state index >= 15 is 0 Å². The molecule has 0 saturated carbocycles. The fourth-order valence-electron chi connectivity index (χ4n) is 2.42. The third-order valence-electron chi connectivity index (χ3n) is 3.55. The van der Waals surface area contributed by atoms with Crippen LogP contribution in [0.25, 0.3) is 10.9 Å². The smallest absolute Gasteiger partial charge is 0.144 e. The van der Waals surface area contributed by atoms with Crippen molar-refractivity contribution in [2.75, 3.05) is 5.43 Å². The Balaban J connectivity index is 2.10. The molecular formula is C17H16ClN3. The van der Waals surface area contributed by atoms with Gasteiger partial charge in [0.1, 0.15) is 5.82 Å². The summed E-state index contributed by atoms with van der Waals surface area (Å²) in [5.74, 6) is 6.33. The average molecular weight is 298 g/mol. The van der Waals surface area contributed by atoms with Crippen molar-refractivity contribution in [3.8, 4) is 0 Å². The number of hydrogen-bond acceptors (Lipinski definition) is 3. The molecule has 3 aromatic rings. The SMILES string of the molecule is Cc1cc2nc(NN)c(Cc3ccccc3)cc2cc1Cl. The first-order chi connectivity index (χ1) is 10.2. The second-order valence-electron chi connectivity index (χ2n) is 5.10. The molecule has 3 nitrogen and oxygen atoms in total. The third-order valence-corrected chi connectivity index (χ3v) is 3.96. The zero-order chi connectivity index (χ0) is 14.8. The summed E-state index contributed by atoms with van der Waals surface area (Å²) in [6, 6.07) is 16.3. The molecule has 0 amide bonds. The van der Waals surface area contributed by atoms with Gasteiger partial charge < -0.3 is 5.43 Å². The van der Waals surface area contributed by atoms with Gasteiger partial charge in [-0.05, 0) is 36.2 Å². The molecule has 0 aliphatic heterocycles. The molecule has 3 rings (SSSR count). The maximum atomic E-state index is 6.21. The van der Waals surface area contributed by atoms with Crippen molar-refractivity contribution in [3.63, 3.8) is 0 Å². The average Bonchev–Trinajstić information content (AvgIpc) is 2.49. The van der Waals surface area contributed by atoms with E-state index in [1.54, 1.807) is 0 Å². The Morgan fingerprint density at radius 2 is 1.90 bits per heavy atom. The van der Waals surface area contributed by atoms with E-state index in [2.05, 4.69) is 28.6 Å². The lowest BCUT2D eigenvalue weighted by Crippen LogP contribution is -2.11. The zero-order valence-corrected chi connectivity index (χ0v) is 12.5. The van der Waals surface area contributed by atoms with Gasteiger partial charge in [-0.25, -0.2) is 10.8 Å². The van der Waals surface area contributed by atoms with Crippen LogP contribution in [-0.2, 0) is 6.42 Å². The molecule has 106 valence electrons. The number of hydrazine groups is 1. The second-order valence-corrected chi connectivity index (χ2v) is 5.50. The molecule has 0 radical (unpaired) electrons. The van der Waals surface area contributed by atoms with Crippen molar-refractivity contribution >= 4 is 28.3 Å². The van der Waals surface area contributed by atoms with Crippen molar-refractivity contribution in [3.05, 3.63) is 70.2 Å². The number of nitrogens with two attached hydrogens (primary N) is 1. The highest BCUT2D eigenvalue weighted by atomic mass is 35.5. The summed E-state index contributed by atoms with van der Waals surface area (Å²) in [7, 11) is 0. The van der Waals surface area contributed by atoms with E-state index in [-0.39, 0.29) is 0 Å². The van der Waals surface area contributed by atoms with Crippen LogP contribution in [0.3, 0.4) is 0 Å². The van der Waals surface area contributed by atoms with Crippen molar-refractivity contribution in [2.24, 2.45) is 5.84 Å². The zero-order valence-electron chi connectivity index (χ0n) is 11.7. The molecule has 0 fully saturated rings. The summed E-state index contributed by atoms with van der Waals surface area (Å²) in [6.45, 7) is 1.97. The lowest BCUT2D eigenvalue weighted by Gasteiger charge is -2.11. The molecular weight excluding hydrogens is 282 g/mol. The Labute approximate surface area is 128 Å². The van der Waals surface area contributed by atoms with Crippen LogP contribution in [0.1, 0.15) is 16.7 Å². The molecule has 0 aliphatic carbocycles. The number of nitrogen functional groups attached to an aromatic ring is 1. The first-order valence-corrected chi connectivity index (χ1v) is 7.15. The van der Waals surface area contributed by atoms with Gasteiger partial charge in [0, 0.05) is 22.4 Å². The molecule has 0 aliphatic rings. The molecule has 3 N–H and O–H groups in total. The van der Waals surface area contributed by atoms with E-state index in [0.29, 0.717) is 5.82 Å². The number of fused-ring (bicyclic) bond motifs is 1. The maximum absolute atomic E-state index is 6.21. The molecule has 21 heavy (non-hydrogen) atoms. The monoisotopic (exact) mass is 297 g/mol. The van der Waals surface area contributed by atoms with Crippen LogP contribution >= 0.6 is 11.6 Å². The number of aromatic nitrogens is 1. The van der Waals surface area contributed by atoms with Crippen molar-refractivity contribution < 1.29 is 0 Å². The Morgan fingerprint density at radius 1 is 1.14 bits per heavy atom. The quantitative estimate of drug-likeness (QED) is 0.566. The normalized spacial score (nSPS) is 10.8. The number of hydrogen-bond donors (Lipinski definition) is 2. The Morgan fingerprint density at radius 3 is 2.62 bits per heavy atom. The number of halogens is 1. The predicted octanol–water partition coefficient (Wildman–Crippen LogP) is 4.07. The van der Waals surface area contributed by atoms with Crippen LogP contribution in [0.2, 0.25) is 5.02 Å². The van der Waals surface area contributed by atoms with Gasteiger partial charge in [0.05, 0.1) is 5.52 Å². The standard InChI is InChI=1S/C17H16ClN3/c1-11-7-16-13(10-15(11)18)9-14(17(20-16)21-19)8-12-5-3-2-4-6-12/h2-7,9-10H,8,19H2,1H3,(H,20,21). The van der Waals surface area contributed by atoms with Crippen LogP contribution in [0.4, 0.5) is 5.82 Å². The minimum absolute atomic E-state index is 0.702. The van der Waals surface area contributed by atoms with Gasteiger partial charge in [0.2, 0.25) is 0 Å². The maximum Gasteiger partial charge on any atom is 0.144 e. The summed E-state index contributed by atoms with van der Waals surface area (Å²) in [4.78, 5) is 4.60. The van der Waals surface area contributed by atoms with Gasteiger partial charge in [-0.1, -0.05) is 41.9 Å². The largest absolute Gasteiger partial charge is 0.308 e. The number of nitrogens with zero attached hydrogens (tertiary/aromatic N) is 1. The van der Waals surface area contributed by atoms with Crippen LogP contribution < -0.4 is 11.3 Å². The van der Waals surface area contributed by atoms with Crippen LogP contribution in [-0.4, -0.2) is 4.98 Å². The highest BCUT2D eigenvalue weighted by Gasteiger charge is 2.08. The van der Waals surface area contributed by atoms with E-state index in [9.17, 15) is 0 Å². The second kappa shape index (κ2) is 5.72. The number of benzene rings is 2. The first-order valence-electron chi connectivity index (χ1n) is 6.77. The van der Waals surface area contributed by atoms with Crippen LogP contribution in [0, 0.1) is 6.92 Å². The van der Waals surface area contributed by atoms with E-state index in [1.807, 2.05) is 37.3 Å². The molecule has 0 saturated heterocycles. The fraction of sp³-hybridized carbons (Fsp3) is 0.118. The summed E-state index contributed by atoms with van der Waals surface area (Å²) in [5, 5.41) is 1.78. The van der Waals surface area contributed by atoms with E-state index in [1.165, 1.54) is 5.56 Å². The fourth-order valence-corrected chi connectivity index (χ4v) is 2.59. The number of pyridine rings is 1. The molecule has 0 spiro atoms. The first kappa shape index (κ1) is 13.9. The number of nitrogens with one attached hydrogen (secondary N) is 1. The minimum Gasteiger partial charge on any atom is -0.308 e. The van der Waals surface area contributed by atoms with Gasteiger partial charge in [-0.3, -0.25) is 0 Å². The summed E-state index contributed by atoms with van der Waals surface area (Å²) in [6.07, 6.45) is 0.773. The summed E-state index contributed by atoms with van der Waals surface area (Å²) >= 11 is 6.21. The Hall–Kier alpha value is -2.10. The van der Waals surface area contributed by atoms with Crippen molar-refractivity contribution in [2.45, 2.75) is 13.3 Å². The summed E-state index contributed by atoms with van der Waals surface area (Å²) < 4.78 is 0. The molecule has 4 heteroatoms. The molecule has 0 bridgehead atoms. The van der Waals surface area contributed by atoms with Gasteiger partial charge in [-0.2, -0.15) is 0 Å². The molecule has 2 aromatic carbocycles. The summed E-state index contributed by atoms with van der Waals surface area (Å²) in [5.41, 5.74) is 6.87. The molecule has 1 heterocycles. The highest BCUT2D eigenvalue weighted by molar-refractivity contribution is 6.32. The number of rotatable bonds is 3. The number of anilines is 1. The van der Waals surface area contributed by atoms with Crippen molar-refractivity contribution in [1.82, 2.24) is 4.98 Å². The van der Waals surface area contributed by atoms with Gasteiger partial charge in [0.25, 0.3) is 0 Å². The Bertz CT molecular complexity index is 785. The van der Waals surface area contributed by atoms with Gasteiger partial charge in [-0.15, -0.1) is 0 Å². The van der Waals surface area contributed by atoms with Gasteiger partial charge >= 0.3 is 0 Å². The highest BCUT2D eigenvalue weighted by Crippen LogP contribution is 2.27. The van der Waals surface area contributed by atoms with Crippen LogP contribution in [0.15, 0.2) is 48.5 Å². The lowest BCUT2D eigenvalue weighted by atomic mass is 10.0. The van der Waals surface area contributed by atoms with Gasteiger partial charge in [0.15, 0.2) is 0 Å². The molecule has 0 unspecified atom stereocenters. The topological polar surface area (TPSA) is 50.9 Å². The lowest BCUT2D eigenvalue weighted by molar-refractivity contribution is 1.14. The predicted molar refractivity (Wildman–Crippen MR) is 88.5 cm³/mol. The number of aryl methyl sites for hydroxylation is 1. The molecule has 1 aromatic heterocycles. The van der Waals surface area contributed by atoms with E-state index < -0.39 is 0 Å². The van der Waals surface area contributed by atoms with Crippen molar-refractivity contribution in [1.29, 1.82) is 0 Å².